The van der Waals surface area contributed by atoms with Gasteiger partial charge in [-0.05, 0) is 48.9 Å². The summed E-state index contributed by atoms with van der Waals surface area (Å²) in [4.78, 5) is 12.3. The zero-order chi connectivity index (χ0) is 17.9. The first-order valence-corrected chi connectivity index (χ1v) is 9.25. The molecule has 1 heterocycles. The fraction of sp³-hybridized carbons (Fsp3) is 0.105. The van der Waals surface area contributed by atoms with Crippen LogP contribution in [-0.4, -0.2) is 14.4 Å². The molecule has 0 aliphatic carbocycles. The highest BCUT2D eigenvalue weighted by atomic mass is 32.2. The van der Waals surface area contributed by atoms with Crippen LogP contribution in [-0.2, 0) is 15.6 Å². The zero-order valence-corrected chi connectivity index (χ0v) is 14.3. The predicted molar refractivity (Wildman–Crippen MR) is 92.2 cm³/mol. The van der Waals surface area contributed by atoms with Crippen molar-refractivity contribution in [1.82, 2.24) is 0 Å². The SMILES string of the molecule is Cc1cccc(OC(=O)c2ccc(CS(=O)(=O)c3ccccc3)o2)c1. The highest BCUT2D eigenvalue weighted by Crippen LogP contribution is 2.20. The number of aryl methyl sites for hydroxylation is 1. The summed E-state index contributed by atoms with van der Waals surface area (Å²) in [7, 11) is -3.54. The van der Waals surface area contributed by atoms with Gasteiger partial charge in [0.25, 0.3) is 0 Å². The topological polar surface area (TPSA) is 73.6 Å². The molecule has 1 aromatic heterocycles. The van der Waals surface area contributed by atoms with Crippen LogP contribution in [0.5, 0.6) is 5.75 Å². The van der Waals surface area contributed by atoms with Crippen LogP contribution in [0.25, 0.3) is 0 Å². The van der Waals surface area contributed by atoms with Crippen molar-refractivity contribution < 1.29 is 22.4 Å². The number of hydrogen-bond acceptors (Lipinski definition) is 5. The van der Waals surface area contributed by atoms with Gasteiger partial charge in [-0.2, -0.15) is 0 Å². The molecule has 0 aliphatic heterocycles. The van der Waals surface area contributed by atoms with Crippen LogP contribution < -0.4 is 4.74 Å². The standard InChI is InChI=1S/C19H16O5S/c1-14-6-5-7-15(12-14)24-19(20)18-11-10-16(23-18)13-25(21,22)17-8-3-2-4-9-17/h2-12H,13H2,1H3. The Balaban J connectivity index is 1.73. The molecule has 3 rings (SSSR count). The molecule has 25 heavy (non-hydrogen) atoms. The van der Waals surface area contributed by atoms with Gasteiger partial charge in [0.2, 0.25) is 5.76 Å². The summed E-state index contributed by atoms with van der Waals surface area (Å²) in [5.74, 6) is -0.456. The van der Waals surface area contributed by atoms with Crippen molar-refractivity contribution >= 4 is 15.8 Å². The molecule has 0 N–H and O–H groups in total. The number of esters is 1. The maximum absolute atomic E-state index is 12.3. The third-order valence-electron chi connectivity index (χ3n) is 3.50. The normalized spacial score (nSPS) is 11.2. The number of benzene rings is 2. The van der Waals surface area contributed by atoms with Gasteiger partial charge >= 0.3 is 5.97 Å². The molecule has 0 amide bonds. The molecule has 0 radical (unpaired) electrons. The van der Waals surface area contributed by atoms with E-state index < -0.39 is 15.8 Å². The molecule has 2 aromatic carbocycles. The quantitative estimate of drug-likeness (QED) is 0.514. The van der Waals surface area contributed by atoms with E-state index in [0.717, 1.165) is 5.56 Å². The van der Waals surface area contributed by atoms with Crippen LogP contribution in [0.15, 0.2) is 76.0 Å². The van der Waals surface area contributed by atoms with Crippen LogP contribution in [0, 0.1) is 6.92 Å². The lowest BCUT2D eigenvalue weighted by molar-refractivity contribution is 0.0699. The van der Waals surface area contributed by atoms with Crippen molar-refractivity contribution in [3.05, 3.63) is 83.8 Å². The van der Waals surface area contributed by atoms with Gasteiger partial charge in [0, 0.05) is 0 Å². The van der Waals surface area contributed by atoms with Crippen LogP contribution >= 0.6 is 0 Å². The van der Waals surface area contributed by atoms with Gasteiger partial charge in [-0.3, -0.25) is 0 Å². The number of carbonyl (C=O) groups is 1. The summed E-state index contributed by atoms with van der Waals surface area (Å²) in [6.45, 7) is 1.89. The number of rotatable bonds is 5. The first kappa shape index (κ1) is 17.0. The summed E-state index contributed by atoms with van der Waals surface area (Å²) in [6.07, 6.45) is 0. The van der Waals surface area contributed by atoms with Gasteiger partial charge in [0.1, 0.15) is 17.3 Å². The van der Waals surface area contributed by atoms with E-state index in [9.17, 15) is 13.2 Å². The Hall–Kier alpha value is -2.86. The molecular weight excluding hydrogens is 340 g/mol. The first-order chi connectivity index (χ1) is 11.9. The second kappa shape index (κ2) is 6.94. The Labute approximate surface area is 145 Å². The first-order valence-electron chi connectivity index (χ1n) is 7.59. The molecule has 0 unspecified atom stereocenters. The van der Waals surface area contributed by atoms with Crippen LogP contribution in [0.3, 0.4) is 0 Å². The van der Waals surface area contributed by atoms with E-state index in [2.05, 4.69) is 0 Å². The van der Waals surface area contributed by atoms with Gasteiger partial charge in [0.15, 0.2) is 9.84 Å². The fourth-order valence-corrected chi connectivity index (χ4v) is 3.57. The number of hydrogen-bond donors (Lipinski definition) is 0. The molecule has 5 nitrogen and oxygen atoms in total. The second-order valence-electron chi connectivity index (χ2n) is 5.54. The third kappa shape index (κ3) is 4.16. The molecule has 0 saturated carbocycles. The van der Waals surface area contributed by atoms with Crippen LogP contribution in [0.1, 0.15) is 21.9 Å². The lowest BCUT2D eigenvalue weighted by Gasteiger charge is -2.03. The molecule has 0 aliphatic rings. The average molecular weight is 356 g/mol. The molecule has 0 spiro atoms. The Morgan fingerprint density at radius 1 is 1.00 bits per heavy atom. The monoisotopic (exact) mass is 356 g/mol. The lowest BCUT2D eigenvalue weighted by atomic mass is 10.2. The molecule has 0 fully saturated rings. The number of ether oxygens (including phenoxy) is 1. The van der Waals surface area contributed by atoms with Crippen molar-refractivity contribution in [3.8, 4) is 5.75 Å². The molecule has 0 atom stereocenters. The van der Waals surface area contributed by atoms with E-state index in [4.69, 9.17) is 9.15 Å². The largest absolute Gasteiger partial charge is 0.453 e. The highest BCUT2D eigenvalue weighted by molar-refractivity contribution is 7.90. The van der Waals surface area contributed by atoms with Crippen molar-refractivity contribution in [1.29, 1.82) is 0 Å². The smallest absolute Gasteiger partial charge is 0.379 e. The molecule has 0 bridgehead atoms. The second-order valence-corrected chi connectivity index (χ2v) is 7.53. The number of sulfone groups is 1. The van der Waals surface area contributed by atoms with Gasteiger partial charge in [-0.1, -0.05) is 30.3 Å². The van der Waals surface area contributed by atoms with Crippen molar-refractivity contribution in [3.63, 3.8) is 0 Å². The Bertz CT molecular complexity index is 987. The number of carbonyl (C=O) groups excluding carboxylic acids is 1. The minimum absolute atomic E-state index is 0.0419. The van der Waals surface area contributed by atoms with Crippen LogP contribution in [0.4, 0.5) is 0 Å². The summed E-state index contributed by atoms with van der Waals surface area (Å²) >= 11 is 0. The minimum atomic E-state index is -3.54. The van der Waals surface area contributed by atoms with Gasteiger partial charge in [-0.25, -0.2) is 13.2 Å². The average Bonchev–Trinajstić information content (AvgIpc) is 3.03. The van der Waals surface area contributed by atoms with Crippen LogP contribution in [0.2, 0.25) is 0 Å². The predicted octanol–water partition coefficient (Wildman–Crippen LogP) is 3.78. The Morgan fingerprint density at radius 2 is 1.76 bits per heavy atom. The minimum Gasteiger partial charge on any atom is -0.453 e. The molecule has 128 valence electrons. The third-order valence-corrected chi connectivity index (χ3v) is 5.15. The van der Waals surface area contributed by atoms with E-state index in [1.54, 1.807) is 36.4 Å². The summed E-state index contributed by atoms with van der Waals surface area (Å²) in [6, 6.07) is 18.0. The van der Waals surface area contributed by atoms with Crippen molar-refractivity contribution in [2.75, 3.05) is 0 Å². The maximum Gasteiger partial charge on any atom is 0.379 e. The van der Waals surface area contributed by atoms with Crippen molar-refractivity contribution in [2.45, 2.75) is 17.6 Å². The number of furan rings is 1. The lowest BCUT2D eigenvalue weighted by Crippen LogP contribution is -2.07. The van der Waals surface area contributed by atoms with Gasteiger partial charge in [0.05, 0.1) is 4.90 Å². The van der Waals surface area contributed by atoms with E-state index in [1.807, 2.05) is 13.0 Å². The Kier molecular flexibility index (Phi) is 4.72. The van der Waals surface area contributed by atoms with Gasteiger partial charge in [-0.15, -0.1) is 0 Å². The fourth-order valence-electron chi connectivity index (χ4n) is 2.30. The van der Waals surface area contributed by atoms with E-state index in [0.29, 0.717) is 5.75 Å². The molecular formula is C19H16O5S. The van der Waals surface area contributed by atoms with Crippen molar-refractivity contribution in [2.24, 2.45) is 0 Å². The highest BCUT2D eigenvalue weighted by Gasteiger charge is 2.20. The summed E-state index contributed by atoms with van der Waals surface area (Å²) in [5, 5.41) is 0. The molecule has 0 saturated heterocycles. The van der Waals surface area contributed by atoms with Gasteiger partial charge < -0.3 is 9.15 Å². The zero-order valence-electron chi connectivity index (χ0n) is 13.5. The molecule has 3 aromatic rings. The maximum atomic E-state index is 12.3. The van der Waals surface area contributed by atoms with E-state index >= 15 is 0 Å². The summed E-state index contributed by atoms with van der Waals surface area (Å²) < 4.78 is 35.2. The van der Waals surface area contributed by atoms with E-state index in [-0.39, 0.29) is 22.2 Å². The summed E-state index contributed by atoms with van der Waals surface area (Å²) in [5.41, 5.74) is 0.958. The molecule has 6 heteroatoms. The Morgan fingerprint density at radius 3 is 2.48 bits per heavy atom. The van der Waals surface area contributed by atoms with E-state index in [1.165, 1.54) is 24.3 Å².